The number of sulfone groups is 1. The molecule has 1 aromatic carbocycles. The lowest BCUT2D eigenvalue weighted by atomic mass is 10.2. The first-order valence-electron chi connectivity index (χ1n) is 6.81. The van der Waals surface area contributed by atoms with Gasteiger partial charge in [-0.25, -0.2) is 8.42 Å². The van der Waals surface area contributed by atoms with Crippen molar-refractivity contribution in [3.63, 3.8) is 0 Å². The van der Waals surface area contributed by atoms with Crippen molar-refractivity contribution >= 4 is 54.8 Å². The lowest BCUT2D eigenvalue weighted by Crippen LogP contribution is -2.34. The van der Waals surface area contributed by atoms with Gasteiger partial charge in [0.2, 0.25) is 5.91 Å². The number of carbonyl (C=O) groups excluding carboxylic acids is 1. The summed E-state index contributed by atoms with van der Waals surface area (Å²) in [6, 6.07) is 7.49. The van der Waals surface area contributed by atoms with E-state index in [4.69, 9.17) is 11.6 Å². The maximum absolute atomic E-state index is 11.9. The Morgan fingerprint density at radius 1 is 1.36 bits per heavy atom. The van der Waals surface area contributed by atoms with Crippen molar-refractivity contribution in [1.29, 1.82) is 0 Å². The van der Waals surface area contributed by atoms with Crippen LogP contribution in [0.3, 0.4) is 0 Å². The van der Waals surface area contributed by atoms with E-state index in [1.807, 2.05) is 24.3 Å². The van der Waals surface area contributed by atoms with E-state index in [-0.39, 0.29) is 23.5 Å². The molecule has 0 saturated carbocycles. The van der Waals surface area contributed by atoms with Crippen LogP contribution in [0, 0.1) is 0 Å². The van der Waals surface area contributed by atoms with Crippen molar-refractivity contribution in [2.24, 2.45) is 0 Å². The maximum Gasteiger partial charge on any atom is 0.244 e. The molecule has 4 nitrogen and oxygen atoms in total. The summed E-state index contributed by atoms with van der Waals surface area (Å²) in [6.07, 6.45) is 3.55. The molecule has 2 aromatic rings. The third-order valence-electron chi connectivity index (χ3n) is 3.52. The SMILES string of the molecule is O=C(/C=C/c1sc2ccccc2c1Cl)N[C@H]1CCS(=O)(=O)C1. The third-order valence-corrected chi connectivity index (χ3v) is 6.95. The lowest BCUT2D eigenvalue weighted by Gasteiger charge is -2.07. The molecule has 1 aromatic heterocycles. The van der Waals surface area contributed by atoms with Crippen LogP contribution < -0.4 is 5.32 Å². The summed E-state index contributed by atoms with van der Waals surface area (Å²) in [5, 5.41) is 4.32. The molecule has 1 aliphatic rings. The molecule has 1 N–H and O–H groups in total. The summed E-state index contributed by atoms with van der Waals surface area (Å²) < 4.78 is 23.8. The molecule has 0 bridgehead atoms. The predicted molar refractivity (Wildman–Crippen MR) is 91.1 cm³/mol. The van der Waals surface area contributed by atoms with Crippen molar-refractivity contribution in [2.75, 3.05) is 11.5 Å². The molecular formula is C15H14ClNO3S2. The fourth-order valence-electron chi connectivity index (χ4n) is 2.45. The van der Waals surface area contributed by atoms with Crippen molar-refractivity contribution in [2.45, 2.75) is 12.5 Å². The second kappa shape index (κ2) is 6.02. The highest BCUT2D eigenvalue weighted by Gasteiger charge is 2.28. The first-order valence-corrected chi connectivity index (χ1v) is 9.82. The number of halogens is 1. The van der Waals surface area contributed by atoms with Gasteiger partial charge in [-0.3, -0.25) is 4.79 Å². The van der Waals surface area contributed by atoms with Gasteiger partial charge < -0.3 is 5.32 Å². The first kappa shape index (κ1) is 15.5. The second-order valence-electron chi connectivity index (χ2n) is 5.22. The lowest BCUT2D eigenvalue weighted by molar-refractivity contribution is -0.116. The van der Waals surface area contributed by atoms with Gasteiger partial charge in [-0.15, -0.1) is 11.3 Å². The third kappa shape index (κ3) is 3.34. The number of amides is 1. The monoisotopic (exact) mass is 355 g/mol. The maximum atomic E-state index is 11.9. The molecule has 22 heavy (non-hydrogen) atoms. The van der Waals surface area contributed by atoms with Crippen LogP contribution in [0.2, 0.25) is 5.02 Å². The van der Waals surface area contributed by atoms with Crippen molar-refractivity contribution < 1.29 is 13.2 Å². The Bertz CT molecular complexity index is 855. The van der Waals surface area contributed by atoms with Crippen LogP contribution in [0.25, 0.3) is 16.2 Å². The van der Waals surface area contributed by atoms with Gasteiger partial charge >= 0.3 is 0 Å². The average Bonchev–Trinajstić information content (AvgIpc) is 2.97. The van der Waals surface area contributed by atoms with Gasteiger partial charge in [0, 0.05) is 27.1 Å². The van der Waals surface area contributed by atoms with E-state index in [1.54, 1.807) is 6.08 Å². The molecule has 3 rings (SSSR count). The number of hydrogen-bond donors (Lipinski definition) is 1. The number of nitrogens with one attached hydrogen (secondary N) is 1. The van der Waals surface area contributed by atoms with Gasteiger partial charge in [-0.05, 0) is 18.6 Å². The summed E-state index contributed by atoms with van der Waals surface area (Å²) in [5.74, 6) is -0.129. The Kier molecular flexibility index (Phi) is 4.25. The summed E-state index contributed by atoms with van der Waals surface area (Å²) in [4.78, 5) is 12.7. The Morgan fingerprint density at radius 2 is 2.14 bits per heavy atom. The number of benzene rings is 1. The highest BCUT2D eigenvalue weighted by molar-refractivity contribution is 7.91. The molecule has 0 aliphatic carbocycles. The molecule has 2 heterocycles. The molecule has 116 valence electrons. The molecule has 1 atom stereocenters. The van der Waals surface area contributed by atoms with Crippen LogP contribution in [0.15, 0.2) is 30.3 Å². The second-order valence-corrected chi connectivity index (χ2v) is 8.91. The van der Waals surface area contributed by atoms with E-state index in [9.17, 15) is 13.2 Å². The molecule has 1 saturated heterocycles. The number of hydrogen-bond acceptors (Lipinski definition) is 4. The zero-order valence-electron chi connectivity index (χ0n) is 11.6. The quantitative estimate of drug-likeness (QED) is 0.861. The van der Waals surface area contributed by atoms with E-state index in [1.165, 1.54) is 17.4 Å². The fraction of sp³-hybridized carbons (Fsp3) is 0.267. The average molecular weight is 356 g/mol. The zero-order chi connectivity index (χ0) is 15.7. The van der Waals surface area contributed by atoms with Gasteiger partial charge in [0.25, 0.3) is 0 Å². The van der Waals surface area contributed by atoms with E-state index >= 15 is 0 Å². The number of carbonyl (C=O) groups is 1. The topological polar surface area (TPSA) is 63.2 Å². The van der Waals surface area contributed by atoms with Gasteiger partial charge in [0.15, 0.2) is 9.84 Å². The van der Waals surface area contributed by atoms with Crippen molar-refractivity contribution in [3.05, 3.63) is 40.2 Å². The van der Waals surface area contributed by atoms with Crippen LogP contribution in [0.4, 0.5) is 0 Å². The van der Waals surface area contributed by atoms with E-state index in [2.05, 4.69) is 5.32 Å². The minimum Gasteiger partial charge on any atom is -0.349 e. The summed E-state index contributed by atoms with van der Waals surface area (Å²) >= 11 is 7.81. The van der Waals surface area contributed by atoms with Gasteiger partial charge in [0.05, 0.1) is 16.5 Å². The number of thiophene rings is 1. The molecule has 7 heteroatoms. The molecule has 0 unspecified atom stereocenters. The normalized spacial score (nSPS) is 20.7. The minimum absolute atomic E-state index is 0.0240. The first-order chi connectivity index (χ1) is 10.4. The van der Waals surface area contributed by atoms with Crippen LogP contribution in [-0.2, 0) is 14.6 Å². The molecular weight excluding hydrogens is 342 g/mol. The van der Waals surface area contributed by atoms with E-state index in [0.29, 0.717) is 11.4 Å². The number of fused-ring (bicyclic) bond motifs is 1. The fourth-order valence-corrected chi connectivity index (χ4v) is 5.52. The zero-order valence-corrected chi connectivity index (χ0v) is 14.0. The van der Waals surface area contributed by atoms with Gasteiger partial charge in [-0.1, -0.05) is 29.8 Å². The molecule has 1 amide bonds. The van der Waals surface area contributed by atoms with E-state index in [0.717, 1.165) is 15.0 Å². The molecule has 0 radical (unpaired) electrons. The Labute approximate surface area is 137 Å². The van der Waals surface area contributed by atoms with Crippen LogP contribution in [0.1, 0.15) is 11.3 Å². The molecule has 0 spiro atoms. The Hall–Kier alpha value is -1.37. The van der Waals surface area contributed by atoms with Crippen molar-refractivity contribution in [3.8, 4) is 0 Å². The van der Waals surface area contributed by atoms with Crippen molar-refractivity contribution in [1.82, 2.24) is 5.32 Å². The van der Waals surface area contributed by atoms with Crippen LogP contribution >= 0.6 is 22.9 Å². The molecule has 1 fully saturated rings. The van der Waals surface area contributed by atoms with Gasteiger partial charge in [0.1, 0.15) is 0 Å². The predicted octanol–water partition coefficient (Wildman–Crippen LogP) is 2.87. The smallest absolute Gasteiger partial charge is 0.244 e. The number of rotatable bonds is 3. The van der Waals surface area contributed by atoms with Gasteiger partial charge in [-0.2, -0.15) is 0 Å². The van der Waals surface area contributed by atoms with Crippen LogP contribution in [-0.4, -0.2) is 31.9 Å². The summed E-state index contributed by atoms with van der Waals surface area (Å²) in [7, 11) is -2.99. The van der Waals surface area contributed by atoms with E-state index < -0.39 is 9.84 Å². The summed E-state index contributed by atoms with van der Waals surface area (Å²) in [5.41, 5.74) is 0. The Morgan fingerprint density at radius 3 is 2.82 bits per heavy atom. The largest absolute Gasteiger partial charge is 0.349 e. The minimum atomic E-state index is -2.99. The van der Waals surface area contributed by atoms with Crippen LogP contribution in [0.5, 0.6) is 0 Å². The standard InChI is InChI=1S/C15H14ClNO3S2/c16-15-11-3-1-2-4-12(11)21-13(15)5-6-14(18)17-10-7-8-22(19,20)9-10/h1-6,10H,7-9H2,(H,17,18)/b6-5+/t10-/m0/s1. The highest BCUT2D eigenvalue weighted by atomic mass is 35.5. The Balaban J connectivity index is 1.70. The molecule has 1 aliphatic heterocycles. The highest BCUT2D eigenvalue weighted by Crippen LogP contribution is 2.35. The summed E-state index contributed by atoms with van der Waals surface area (Å²) in [6.45, 7) is 0.